The van der Waals surface area contributed by atoms with Gasteiger partial charge in [0, 0.05) is 11.1 Å². The zero-order valence-corrected chi connectivity index (χ0v) is 16.2. The number of nitrogens with zero attached hydrogens (tertiary/aromatic N) is 1. The minimum atomic E-state index is -0.0977. The second-order valence-corrected chi connectivity index (χ2v) is 7.22. The number of halogens is 1. The van der Waals surface area contributed by atoms with E-state index in [2.05, 4.69) is 28.1 Å². The van der Waals surface area contributed by atoms with Gasteiger partial charge in [-0.2, -0.15) is 0 Å². The second kappa shape index (κ2) is 8.41. The molecule has 25 heavy (non-hydrogen) atoms. The molecule has 0 amide bonds. The molecule has 1 aromatic heterocycles. The first-order chi connectivity index (χ1) is 12.2. The summed E-state index contributed by atoms with van der Waals surface area (Å²) in [5.74, 6) is 0.558. The van der Waals surface area contributed by atoms with Gasteiger partial charge in [-0.05, 0) is 51.5 Å². The van der Waals surface area contributed by atoms with Crippen LogP contribution in [0.5, 0.6) is 5.75 Å². The molecule has 0 N–H and O–H groups in total. The molecule has 0 spiro atoms. The highest BCUT2D eigenvalue weighted by molar-refractivity contribution is 9.10. The molecule has 0 unspecified atom stereocenters. The molecule has 0 aliphatic rings. The van der Waals surface area contributed by atoms with Crippen molar-refractivity contribution in [1.82, 2.24) is 4.57 Å². The van der Waals surface area contributed by atoms with Crippen molar-refractivity contribution in [1.29, 1.82) is 0 Å². The van der Waals surface area contributed by atoms with Gasteiger partial charge in [-0.3, -0.25) is 4.79 Å². The number of pyridine rings is 1. The Morgan fingerprint density at radius 3 is 2.40 bits per heavy atom. The maximum absolute atomic E-state index is 12.6. The van der Waals surface area contributed by atoms with Crippen molar-refractivity contribution < 1.29 is 4.74 Å². The lowest BCUT2D eigenvalue weighted by molar-refractivity contribution is 0.302. The first-order valence-electron chi connectivity index (χ1n) is 7.86. The Morgan fingerprint density at radius 1 is 1.00 bits per heavy atom. The molecule has 0 atom stereocenters. The van der Waals surface area contributed by atoms with Crippen molar-refractivity contribution in [3.05, 3.63) is 92.8 Å². The van der Waals surface area contributed by atoms with Gasteiger partial charge in [0.25, 0.3) is 5.56 Å². The smallest absolute Gasteiger partial charge is 0.268 e. The monoisotopic (exact) mass is 415 g/mol. The molecule has 3 rings (SSSR count). The van der Waals surface area contributed by atoms with Crippen molar-refractivity contribution in [3.8, 4) is 5.75 Å². The van der Waals surface area contributed by atoms with Crippen molar-refractivity contribution in [2.45, 2.75) is 18.0 Å². The van der Waals surface area contributed by atoms with Crippen molar-refractivity contribution in [2.75, 3.05) is 6.26 Å². The molecule has 0 aliphatic heterocycles. The van der Waals surface area contributed by atoms with Crippen LogP contribution >= 0.6 is 27.7 Å². The summed E-state index contributed by atoms with van der Waals surface area (Å²) in [6.45, 7) is 0.962. The van der Waals surface area contributed by atoms with Crippen LogP contribution in [0.4, 0.5) is 0 Å². The van der Waals surface area contributed by atoms with Gasteiger partial charge in [0.15, 0.2) is 0 Å². The van der Waals surface area contributed by atoms with Crippen molar-refractivity contribution in [3.63, 3.8) is 0 Å². The van der Waals surface area contributed by atoms with E-state index in [9.17, 15) is 4.79 Å². The van der Waals surface area contributed by atoms with E-state index in [1.807, 2.05) is 54.8 Å². The summed E-state index contributed by atoms with van der Waals surface area (Å²) in [7, 11) is 0. The number of rotatable bonds is 6. The zero-order chi connectivity index (χ0) is 17.6. The number of hydrogen-bond acceptors (Lipinski definition) is 3. The van der Waals surface area contributed by atoms with Gasteiger partial charge in [-0.1, -0.05) is 42.5 Å². The van der Waals surface area contributed by atoms with Gasteiger partial charge in [-0.15, -0.1) is 11.8 Å². The van der Waals surface area contributed by atoms with Crippen LogP contribution in [0, 0.1) is 0 Å². The highest BCUT2D eigenvalue weighted by atomic mass is 79.9. The fourth-order valence-corrected chi connectivity index (χ4v) is 3.31. The van der Waals surface area contributed by atoms with Gasteiger partial charge in [0.2, 0.25) is 0 Å². The average molecular weight is 416 g/mol. The molecule has 0 fully saturated rings. The van der Waals surface area contributed by atoms with E-state index < -0.39 is 0 Å². The maximum Gasteiger partial charge on any atom is 0.268 e. The number of hydrogen-bond donors (Lipinski definition) is 0. The zero-order valence-electron chi connectivity index (χ0n) is 13.8. The summed E-state index contributed by atoms with van der Waals surface area (Å²) in [6.07, 6.45) is 3.82. The third-order valence-electron chi connectivity index (χ3n) is 3.82. The standard InChI is InChI=1S/C20H18BrNO2S/c1-25-17-9-7-15(8-10-17)13-22-12-11-18(19(21)20(22)23)24-14-16-5-3-2-4-6-16/h2-12H,13-14H2,1H3. The Balaban J connectivity index is 1.74. The molecule has 3 aromatic rings. The first-order valence-corrected chi connectivity index (χ1v) is 9.88. The SMILES string of the molecule is CSc1ccc(Cn2ccc(OCc3ccccc3)c(Br)c2=O)cc1. The molecule has 0 saturated carbocycles. The van der Waals surface area contributed by atoms with E-state index in [-0.39, 0.29) is 5.56 Å². The lowest BCUT2D eigenvalue weighted by Crippen LogP contribution is -2.21. The van der Waals surface area contributed by atoms with E-state index in [0.29, 0.717) is 23.4 Å². The van der Waals surface area contributed by atoms with Crippen LogP contribution in [-0.4, -0.2) is 10.8 Å². The molecule has 128 valence electrons. The fourth-order valence-electron chi connectivity index (χ4n) is 2.43. The number of benzene rings is 2. The molecule has 0 bridgehead atoms. The molecule has 5 heteroatoms. The predicted molar refractivity (Wildman–Crippen MR) is 107 cm³/mol. The molecule has 1 heterocycles. The molecular weight excluding hydrogens is 398 g/mol. The number of ether oxygens (including phenoxy) is 1. The molecular formula is C20H18BrNO2S. The number of aromatic nitrogens is 1. The summed E-state index contributed by atoms with van der Waals surface area (Å²) in [5.41, 5.74) is 2.05. The normalized spacial score (nSPS) is 10.6. The maximum atomic E-state index is 12.6. The van der Waals surface area contributed by atoms with Gasteiger partial charge < -0.3 is 9.30 Å². The lowest BCUT2D eigenvalue weighted by atomic mass is 10.2. The Labute approximate surface area is 159 Å². The van der Waals surface area contributed by atoms with Crippen molar-refractivity contribution >= 4 is 27.7 Å². The summed E-state index contributed by atoms with van der Waals surface area (Å²) >= 11 is 5.08. The van der Waals surface area contributed by atoms with Gasteiger partial charge in [0.1, 0.15) is 16.8 Å². The van der Waals surface area contributed by atoms with Crippen LogP contribution in [0.2, 0.25) is 0 Å². The Kier molecular flexibility index (Phi) is 6.00. The third kappa shape index (κ3) is 4.55. The minimum absolute atomic E-state index is 0.0977. The van der Waals surface area contributed by atoms with E-state index in [4.69, 9.17) is 4.74 Å². The van der Waals surface area contributed by atoms with Crippen LogP contribution in [0.1, 0.15) is 11.1 Å². The van der Waals surface area contributed by atoms with E-state index in [1.54, 1.807) is 22.5 Å². The van der Waals surface area contributed by atoms with Crippen LogP contribution in [0.15, 0.2) is 81.0 Å². The Bertz CT molecular complexity index is 892. The quantitative estimate of drug-likeness (QED) is 0.533. The largest absolute Gasteiger partial charge is 0.487 e. The Hall–Kier alpha value is -1.98. The van der Waals surface area contributed by atoms with E-state index in [0.717, 1.165) is 11.1 Å². The van der Waals surface area contributed by atoms with Crippen molar-refractivity contribution in [2.24, 2.45) is 0 Å². The molecule has 3 nitrogen and oxygen atoms in total. The summed E-state index contributed by atoms with van der Waals surface area (Å²) in [6, 6.07) is 19.9. The van der Waals surface area contributed by atoms with E-state index >= 15 is 0 Å². The minimum Gasteiger partial charge on any atom is -0.487 e. The Morgan fingerprint density at radius 2 is 1.72 bits per heavy atom. The third-order valence-corrected chi connectivity index (χ3v) is 5.29. The van der Waals surface area contributed by atoms with Gasteiger partial charge in [0.05, 0.1) is 6.54 Å². The average Bonchev–Trinajstić information content (AvgIpc) is 2.66. The van der Waals surface area contributed by atoms with Gasteiger partial charge in [-0.25, -0.2) is 0 Å². The molecule has 2 aromatic carbocycles. The summed E-state index contributed by atoms with van der Waals surface area (Å²) in [4.78, 5) is 13.8. The van der Waals surface area contributed by atoms with Crippen LogP contribution < -0.4 is 10.3 Å². The number of thioether (sulfide) groups is 1. The van der Waals surface area contributed by atoms with Crippen LogP contribution in [0.25, 0.3) is 0 Å². The second-order valence-electron chi connectivity index (χ2n) is 5.55. The van der Waals surface area contributed by atoms with Crippen LogP contribution in [0.3, 0.4) is 0 Å². The molecule has 0 saturated heterocycles. The fraction of sp³-hybridized carbons (Fsp3) is 0.150. The highest BCUT2D eigenvalue weighted by Gasteiger charge is 2.09. The predicted octanol–water partition coefficient (Wildman–Crippen LogP) is 4.96. The van der Waals surface area contributed by atoms with E-state index in [1.165, 1.54) is 4.90 Å². The molecule has 0 radical (unpaired) electrons. The topological polar surface area (TPSA) is 31.2 Å². The van der Waals surface area contributed by atoms with Crippen LogP contribution in [-0.2, 0) is 13.2 Å². The summed E-state index contributed by atoms with van der Waals surface area (Å²) in [5, 5.41) is 0. The highest BCUT2D eigenvalue weighted by Crippen LogP contribution is 2.22. The summed E-state index contributed by atoms with van der Waals surface area (Å²) < 4.78 is 7.90. The lowest BCUT2D eigenvalue weighted by Gasteiger charge is -2.11. The molecule has 0 aliphatic carbocycles. The first kappa shape index (κ1) is 17.8. The van der Waals surface area contributed by atoms with Gasteiger partial charge >= 0.3 is 0 Å².